The van der Waals surface area contributed by atoms with E-state index in [9.17, 15) is 13.2 Å². The maximum atomic E-state index is 12.8. The number of aryl methyl sites for hydroxylation is 1. The van der Waals surface area contributed by atoms with Crippen molar-refractivity contribution < 1.29 is 17.7 Å². The van der Waals surface area contributed by atoms with Crippen LogP contribution in [-0.2, 0) is 21.2 Å². The van der Waals surface area contributed by atoms with Gasteiger partial charge < -0.3 is 9.42 Å². The maximum Gasteiger partial charge on any atom is 0.231 e. The molecule has 0 bridgehead atoms. The average molecular weight is 431 g/mol. The zero-order valence-corrected chi connectivity index (χ0v) is 18.1. The third-order valence-electron chi connectivity index (χ3n) is 6.62. The van der Waals surface area contributed by atoms with Gasteiger partial charge in [0, 0.05) is 37.5 Å². The summed E-state index contributed by atoms with van der Waals surface area (Å²) in [4.78, 5) is 19.2. The van der Waals surface area contributed by atoms with Gasteiger partial charge in [0.05, 0.1) is 18.6 Å². The molecule has 3 heterocycles. The van der Waals surface area contributed by atoms with Gasteiger partial charge in [0.1, 0.15) is 0 Å². The lowest BCUT2D eigenvalue weighted by Gasteiger charge is -2.50. The second-order valence-electron chi connectivity index (χ2n) is 9.15. The molecule has 2 aromatic rings. The minimum absolute atomic E-state index is 0.0604. The smallest absolute Gasteiger partial charge is 0.231 e. The summed E-state index contributed by atoms with van der Waals surface area (Å²) in [5, 5.41) is 4.12. The second-order valence-corrected chi connectivity index (χ2v) is 11.1. The van der Waals surface area contributed by atoms with Gasteiger partial charge in [0.2, 0.25) is 21.8 Å². The molecule has 3 fully saturated rings. The molecule has 1 unspecified atom stereocenters. The third kappa shape index (κ3) is 3.54. The molecular weight excluding hydrogens is 404 g/mol. The van der Waals surface area contributed by atoms with Crippen molar-refractivity contribution in [2.45, 2.75) is 38.0 Å². The van der Waals surface area contributed by atoms with Crippen molar-refractivity contribution in [1.82, 2.24) is 19.3 Å². The van der Waals surface area contributed by atoms with Crippen molar-refractivity contribution in [3.8, 4) is 0 Å². The molecule has 160 valence electrons. The van der Waals surface area contributed by atoms with Gasteiger partial charge in [-0.25, -0.2) is 12.7 Å². The normalized spacial score (nSPS) is 23.7. The number of amides is 1. The van der Waals surface area contributed by atoms with Crippen molar-refractivity contribution in [2.24, 2.45) is 5.41 Å². The van der Waals surface area contributed by atoms with Crippen LogP contribution in [0.5, 0.6) is 0 Å². The Bertz CT molecular complexity index is 1070. The summed E-state index contributed by atoms with van der Waals surface area (Å²) in [6.07, 6.45) is 3.73. The molecule has 2 aliphatic heterocycles. The number of hydrogen-bond acceptors (Lipinski definition) is 6. The molecule has 0 N–H and O–H groups in total. The van der Waals surface area contributed by atoms with Crippen molar-refractivity contribution in [2.75, 3.05) is 32.4 Å². The largest absolute Gasteiger partial charge is 0.341 e. The van der Waals surface area contributed by atoms with Crippen molar-refractivity contribution in [3.63, 3.8) is 0 Å². The first-order valence-electron chi connectivity index (χ1n) is 10.4. The lowest BCUT2D eigenvalue weighted by atomic mass is 9.71. The SMILES string of the molecule is Cc1ccc(CC(=O)N2CC3(C2)CN(S(C)(=O)=O)CC3c2nc(C3CC3)no2)cc1. The quantitative estimate of drug-likeness (QED) is 0.716. The van der Waals surface area contributed by atoms with Crippen molar-refractivity contribution >= 4 is 15.9 Å². The van der Waals surface area contributed by atoms with Gasteiger partial charge in [0.25, 0.3) is 0 Å². The number of hydrogen-bond donors (Lipinski definition) is 0. The molecule has 1 atom stereocenters. The van der Waals surface area contributed by atoms with Gasteiger partial charge >= 0.3 is 0 Å². The monoisotopic (exact) mass is 430 g/mol. The van der Waals surface area contributed by atoms with Crippen molar-refractivity contribution in [1.29, 1.82) is 0 Å². The fourth-order valence-electron chi connectivity index (χ4n) is 4.62. The first kappa shape index (κ1) is 19.7. The Balaban J connectivity index is 1.33. The first-order valence-corrected chi connectivity index (χ1v) is 12.2. The summed E-state index contributed by atoms with van der Waals surface area (Å²) in [5.41, 5.74) is 1.78. The van der Waals surface area contributed by atoms with E-state index < -0.39 is 10.0 Å². The molecular formula is C21H26N4O4S. The van der Waals surface area contributed by atoms with Gasteiger partial charge in [-0.2, -0.15) is 4.98 Å². The molecule has 1 spiro atoms. The first-order chi connectivity index (χ1) is 14.2. The van der Waals surface area contributed by atoms with Crippen LogP contribution in [0.25, 0.3) is 0 Å². The fourth-order valence-corrected chi connectivity index (χ4v) is 5.53. The summed E-state index contributed by atoms with van der Waals surface area (Å²) >= 11 is 0. The Kier molecular flexibility index (Phi) is 4.52. The molecule has 1 saturated carbocycles. The van der Waals surface area contributed by atoms with E-state index in [-0.39, 0.29) is 17.2 Å². The van der Waals surface area contributed by atoms with Crippen LogP contribution in [0.3, 0.4) is 0 Å². The van der Waals surface area contributed by atoms with E-state index in [2.05, 4.69) is 10.1 Å². The van der Waals surface area contributed by atoms with Gasteiger partial charge in [-0.15, -0.1) is 0 Å². The number of benzene rings is 1. The number of likely N-dealkylation sites (tertiary alicyclic amines) is 1. The van der Waals surface area contributed by atoms with Crippen molar-refractivity contribution in [3.05, 3.63) is 47.1 Å². The van der Waals surface area contributed by atoms with Crippen LogP contribution in [0.2, 0.25) is 0 Å². The summed E-state index contributed by atoms with van der Waals surface area (Å²) in [6.45, 7) is 3.74. The second kappa shape index (κ2) is 6.88. The van der Waals surface area contributed by atoms with Gasteiger partial charge in [-0.1, -0.05) is 35.0 Å². The summed E-state index contributed by atoms with van der Waals surface area (Å²) in [7, 11) is -3.34. The molecule has 30 heavy (non-hydrogen) atoms. The highest BCUT2D eigenvalue weighted by molar-refractivity contribution is 7.88. The molecule has 3 aliphatic rings. The number of rotatable bonds is 5. The average Bonchev–Trinajstić information content (AvgIpc) is 3.24. The molecule has 1 aromatic carbocycles. The van der Waals surface area contributed by atoms with E-state index >= 15 is 0 Å². The lowest BCUT2D eigenvalue weighted by molar-refractivity contribution is -0.142. The predicted octanol–water partition coefficient (Wildman–Crippen LogP) is 1.69. The molecule has 5 rings (SSSR count). The molecule has 1 amide bonds. The van der Waals surface area contributed by atoms with Crippen LogP contribution < -0.4 is 0 Å². The molecule has 0 radical (unpaired) electrons. The zero-order valence-electron chi connectivity index (χ0n) is 17.2. The Morgan fingerprint density at radius 2 is 1.90 bits per heavy atom. The van der Waals surface area contributed by atoms with Crippen LogP contribution in [0.15, 0.2) is 28.8 Å². The lowest BCUT2D eigenvalue weighted by Crippen LogP contribution is -2.62. The molecule has 8 nitrogen and oxygen atoms in total. The number of carbonyl (C=O) groups excluding carboxylic acids is 1. The summed E-state index contributed by atoms with van der Waals surface area (Å²) in [6, 6.07) is 7.96. The van der Waals surface area contributed by atoms with E-state index in [4.69, 9.17) is 4.52 Å². The van der Waals surface area contributed by atoms with E-state index in [1.54, 1.807) is 0 Å². The van der Waals surface area contributed by atoms with Gasteiger partial charge in [-0.3, -0.25) is 4.79 Å². The Morgan fingerprint density at radius 1 is 1.20 bits per heavy atom. The minimum atomic E-state index is -3.34. The van der Waals surface area contributed by atoms with Crippen LogP contribution in [0.4, 0.5) is 0 Å². The third-order valence-corrected chi connectivity index (χ3v) is 7.84. The van der Waals surface area contributed by atoms with E-state index in [0.717, 1.165) is 29.8 Å². The zero-order chi connectivity index (χ0) is 21.1. The van der Waals surface area contributed by atoms with E-state index in [1.807, 2.05) is 36.1 Å². The maximum absolute atomic E-state index is 12.8. The van der Waals surface area contributed by atoms with E-state index in [0.29, 0.717) is 44.4 Å². The highest BCUT2D eigenvalue weighted by Gasteiger charge is 2.59. The molecule has 9 heteroatoms. The Hall–Kier alpha value is -2.26. The topological polar surface area (TPSA) is 96.6 Å². The van der Waals surface area contributed by atoms with Gasteiger partial charge in [-0.05, 0) is 25.3 Å². The minimum Gasteiger partial charge on any atom is -0.341 e. The van der Waals surface area contributed by atoms with Crippen LogP contribution in [0.1, 0.15) is 47.5 Å². The fraction of sp³-hybridized carbons (Fsp3) is 0.571. The highest BCUT2D eigenvalue weighted by Crippen LogP contribution is 2.50. The van der Waals surface area contributed by atoms with Crippen LogP contribution in [-0.4, -0.2) is 66.1 Å². The highest BCUT2D eigenvalue weighted by atomic mass is 32.2. The van der Waals surface area contributed by atoms with E-state index in [1.165, 1.54) is 10.6 Å². The molecule has 1 aliphatic carbocycles. The Morgan fingerprint density at radius 3 is 2.53 bits per heavy atom. The predicted molar refractivity (Wildman–Crippen MR) is 109 cm³/mol. The molecule has 2 saturated heterocycles. The summed E-state index contributed by atoms with van der Waals surface area (Å²) < 4.78 is 31.5. The standard InChI is InChI=1S/C21H26N4O4S/c1-14-3-5-15(6-4-14)9-18(26)24-11-21(12-24)13-25(30(2,27)28)10-17(21)20-22-19(23-29-20)16-7-8-16/h3-6,16-17H,7-13H2,1-2H3. The van der Waals surface area contributed by atoms with Crippen LogP contribution >= 0.6 is 0 Å². The van der Waals surface area contributed by atoms with Gasteiger partial charge in [0.15, 0.2) is 5.82 Å². The number of carbonyl (C=O) groups is 1. The Labute approximate surface area is 176 Å². The molecule has 1 aromatic heterocycles. The summed E-state index contributed by atoms with van der Waals surface area (Å²) in [5.74, 6) is 1.49. The van der Waals surface area contributed by atoms with Crippen LogP contribution in [0, 0.1) is 12.3 Å². The number of nitrogens with zero attached hydrogens (tertiary/aromatic N) is 4. The number of aromatic nitrogens is 2. The number of sulfonamides is 1.